The second-order valence-electron chi connectivity index (χ2n) is 7.41. The van der Waals surface area contributed by atoms with Gasteiger partial charge in [-0.2, -0.15) is 0 Å². The van der Waals surface area contributed by atoms with Crippen molar-refractivity contribution in [3.63, 3.8) is 0 Å². The molecule has 1 amide bonds. The Bertz CT molecular complexity index is 974. The Morgan fingerprint density at radius 1 is 0.963 bits per heavy atom. The van der Waals surface area contributed by atoms with Gasteiger partial charge < -0.3 is 4.90 Å². The fraction of sp³-hybridized carbons (Fsp3) is 0.304. The number of hydrogen-bond donors (Lipinski definition) is 0. The first kappa shape index (κ1) is 17.7. The predicted octanol–water partition coefficient (Wildman–Crippen LogP) is 3.81. The van der Waals surface area contributed by atoms with Crippen molar-refractivity contribution in [2.24, 2.45) is 0 Å². The number of aryl methyl sites for hydroxylation is 2. The Morgan fingerprint density at radius 3 is 2.52 bits per heavy atom. The van der Waals surface area contributed by atoms with Gasteiger partial charge in [0.25, 0.3) is 5.91 Å². The molecule has 0 N–H and O–H groups in total. The minimum atomic E-state index is 0.0361. The van der Waals surface area contributed by atoms with E-state index in [0.29, 0.717) is 5.69 Å². The van der Waals surface area contributed by atoms with Gasteiger partial charge in [0.1, 0.15) is 5.69 Å². The summed E-state index contributed by atoms with van der Waals surface area (Å²) in [5.74, 6) is 0.0361. The first-order valence-electron chi connectivity index (χ1n) is 9.53. The molecule has 0 aliphatic carbocycles. The number of amides is 1. The molecule has 0 spiro atoms. The van der Waals surface area contributed by atoms with Crippen LogP contribution in [0.2, 0.25) is 0 Å². The first-order chi connectivity index (χ1) is 13.1. The van der Waals surface area contributed by atoms with Gasteiger partial charge in [0.05, 0.1) is 0 Å². The number of pyridine rings is 1. The number of carbonyl (C=O) groups excluding carboxylic acids is 1. The Kier molecular flexibility index (Phi) is 4.90. The maximum absolute atomic E-state index is 12.9. The van der Waals surface area contributed by atoms with E-state index in [4.69, 9.17) is 0 Å². The third-order valence-electron chi connectivity index (χ3n) is 5.41. The fourth-order valence-corrected chi connectivity index (χ4v) is 3.68. The van der Waals surface area contributed by atoms with Crippen molar-refractivity contribution in [2.75, 3.05) is 26.2 Å². The van der Waals surface area contributed by atoms with E-state index in [1.807, 2.05) is 11.0 Å². The molecule has 1 aromatic heterocycles. The number of rotatable bonds is 3. The molecule has 0 unspecified atom stereocenters. The van der Waals surface area contributed by atoms with Gasteiger partial charge in [0.2, 0.25) is 0 Å². The highest BCUT2D eigenvalue weighted by molar-refractivity contribution is 5.96. The summed E-state index contributed by atoms with van der Waals surface area (Å²) in [6.07, 6.45) is 1.80. The number of nitrogens with zero attached hydrogens (tertiary/aromatic N) is 3. The molecule has 0 bridgehead atoms. The van der Waals surface area contributed by atoms with Crippen molar-refractivity contribution in [3.8, 4) is 0 Å². The standard InChI is InChI=1S/C23H25N3O/c1-17-7-8-19-15-24-22(14-21(19)13-17)23(27)26-11-9-25(10-12-26)16-20-6-4-3-5-18(20)2/h3-8,13-15H,9-12,16H2,1-2H3. The Morgan fingerprint density at radius 2 is 1.74 bits per heavy atom. The van der Waals surface area contributed by atoms with E-state index in [1.165, 1.54) is 16.7 Å². The topological polar surface area (TPSA) is 36.4 Å². The maximum atomic E-state index is 12.9. The van der Waals surface area contributed by atoms with E-state index < -0.39 is 0 Å². The van der Waals surface area contributed by atoms with Crippen LogP contribution in [0.5, 0.6) is 0 Å². The van der Waals surface area contributed by atoms with Crippen LogP contribution in [0.25, 0.3) is 10.8 Å². The summed E-state index contributed by atoms with van der Waals surface area (Å²) in [5.41, 5.74) is 4.42. The molecule has 27 heavy (non-hydrogen) atoms. The van der Waals surface area contributed by atoms with Gasteiger partial charge in [-0.15, -0.1) is 0 Å². The van der Waals surface area contributed by atoms with Crippen LogP contribution in [0.1, 0.15) is 27.2 Å². The highest BCUT2D eigenvalue weighted by Gasteiger charge is 2.23. The van der Waals surface area contributed by atoms with Gasteiger partial charge in [-0.3, -0.25) is 14.7 Å². The van der Waals surface area contributed by atoms with Gasteiger partial charge in [0, 0.05) is 44.3 Å². The fourth-order valence-electron chi connectivity index (χ4n) is 3.68. The van der Waals surface area contributed by atoms with Gasteiger partial charge >= 0.3 is 0 Å². The number of carbonyl (C=O) groups is 1. The molecular formula is C23H25N3O. The zero-order valence-corrected chi connectivity index (χ0v) is 16.0. The summed E-state index contributed by atoms with van der Waals surface area (Å²) >= 11 is 0. The lowest BCUT2D eigenvalue weighted by Gasteiger charge is -2.34. The molecule has 4 heteroatoms. The van der Waals surface area contributed by atoms with E-state index in [0.717, 1.165) is 43.5 Å². The molecule has 0 saturated carbocycles. The van der Waals surface area contributed by atoms with Crippen molar-refractivity contribution >= 4 is 16.7 Å². The van der Waals surface area contributed by atoms with Crippen LogP contribution >= 0.6 is 0 Å². The predicted molar refractivity (Wildman–Crippen MR) is 109 cm³/mol. The van der Waals surface area contributed by atoms with Crippen LogP contribution < -0.4 is 0 Å². The smallest absolute Gasteiger partial charge is 0.272 e. The summed E-state index contributed by atoms with van der Waals surface area (Å²) in [5, 5.41) is 2.15. The van der Waals surface area contributed by atoms with Gasteiger partial charge in [-0.25, -0.2) is 0 Å². The minimum absolute atomic E-state index is 0.0361. The normalized spacial score (nSPS) is 15.3. The molecule has 0 atom stereocenters. The lowest BCUT2D eigenvalue weighted by atomic mass is 10.1. The van der Waals surface area contributed by atoms with Gasteiger partial charge in [0.15, 0.2) is 0 Å². The van der Waals surface area contributed by atoms with E-state index in [9.17, 15) is 4.79 Å². The van der Waals surface area contributed by atoms with Crippen molar-refractivity contribution in [2.45, 2.75) is 20.4 Å². The van der Waals surface area contributed by atoms with Crippen LogP contribution in [0, 0.1) is 13.8 Å². The average Bonchev–Trinajstić information content (AvgIpc) is 2.69. The quantitative estimate of drug-likeness (QED) is 0.713. The monoisotopic (exact) mass is 359 g/mol. The second-order valence-corrected chi connectivity index (χ2v) is 7.41. The lowest BCUT2D eigenvalue weighted by Crippen LogP contribution is -2.48. The molecule has 2 aromatic carbocycles. The second kappa shape index (κ2) is 7.49. The van der Waals surface area contributed by atoms with Crippen LogP contribution in [0.4, 0.5) is 0 Å². The molecule has 0 radical (unpaired) electrons. The molecule has 138 valence electrons. The third-order valence-corrected chi connectivity index (χ3v) is 5.41. The molecule has 2 heterocycles. The van der Waals surface area contributed by atoms with Crippen LogP contribution in [0.3, 0.4) is 0 Å². The minimum Gasteiger partial charge on any atom is -0.335 e. The summed E-state index contributed by atoms with van der Waals surface area (Å²) < 4.78 is 0. The largest absolute Gasteiger partial charge is 0.335 e. The van der Waals surface area contributed by atoms with E-state index in [1.54, 1.807) is 6.20 Å². The number of hydrogen-bond acceptors (Lipinski definition) is 3. The van der Waals surface area contributed by atoms with Crippen LogP contribution in [-0.4, -0.2) is 46.9 Å². The molecule has 1 fully saturated rings. The SMILES string of the molecule is Cc1ccc2cnc(C(=O)N3CCN(Cc4ccccc4C)CC3)cc2c1. The van der Waals surface area contributed by atoms with Crippen molar-refractivity contribution in [1.29, 1.82) is 0 Å². The highest BCUT2D eigenvalue weighted by Crippen LogP contribution is 2.18. The summed E-state index contributed by atoms with van der Waals surface area (Å²) in [7, 11) is 0. The van der Waals surface area contributed by atoms with Gasteiger partial charge in [-0.05, 0) is 36.4 Å². The third kappa shape index (κ3) is 3.86. The summed E-state index contributed by atoms with van der Waals surface area (Å²) in [6.45, 7) is 8.45. The van der Waals surface area contributed by atoms with Crippen molar-refractivity contribution in [1.82, 2.24) is 14.8 Å². The summed E-state index contributed by atoms with van der Waals surface area (Å²) in [4.78, 5) is 21.6. The summed E-state index contributed by atoms with van der Waals surface area (Å²) in [6, 6.07) is 16.7. The number of piperazine rings is 1. The zero-order valence-electron chi connectivity index (χ0n) is 16.0. The van der Waals surface area contributed by atoms with Crippen LogP contribution in [-0.2, 0) is 6.54 Å². The van der Waals surface area contributed by atoms with E-state index >= 15 is 0 Å². The molecule has 4 rings (SSSR count). The maximum Gasteiger partial charge on any atom is 0.272 e. The Hall–Kier alpha value is -2.72. The number of benzene rings is 2. The van der Waals surface area contributed by atoms with E-state index in [2.05, 4.69) is 66.2 Å². The molecule has 4 nitrogen and oxygen atoms in total. The molecule has 1 aliphatic heterocycles. The molecule has 1 aliphatic rings. The lowest BCUT2D eigenvalue weighted by molar-refractivity contribution is 0.0622. The first-order valence-corrected chi connectivity index (χ1v) is 9.53. The highest BCUT2D eigenvalue weighted by atomic mass is 16.2. The number of aromatic nitrogens is 1. The average molecular weight is 359 g/mol. The molecular weight excluding hydrogens is 334 g/mol. The zero-order chi connectivity index (χ0) is 18.8. The number of fused-ring (bicyclic) bond motifs is 1. The van der Waals surface area contributed by atoms with Crippen LogP contribution in [0.15, 0.2) is 54.7 Å². The Balaban J connectivity index is 1.42. The molecule has 3 aromatic rings. The van der Waals surface area contributed by atoms with Crippen molar-refractivity contribution < 1.29 is 4.79 Å². The Labute approximate surface area is 160 Å². The van der Waals surface area contributed by atoms with Gasteiger partial charge in [-0.1, -0.05) is 48.0 Å². The van der Waals surface area contributed by atoms with E-state index in [-0.39, 0.29) is 5.91 Å². The molecule has 1 saturated heterocycles. The van der Waals surface area contributed by atoms with Crippen molar-refractivity contribution in [3.05, 3.63) is 77.1 Å².